The van der Waals surface area contributed by atoms with Crippen LogP contribution in [0.3, 0.4) is 0 Å². The lowest BCUT2D eigenvalue weighted by Crippen LogP contribution is -2.00. The molecule has 0 aliphatic heterocycles. The average molecular weight is 1600 g/mol. The maximum absolute atomic E-state index is 6.33. The first kappa shape index (κ1) is 69.0. The van der Waals surface area contributed by atoms with Crippen molar-refractivity contribution in [2.45, 2.75) is 0 Å². The zero-order valence-corrected chi connectivity index (χ0v) is 67.3. The van der Waals surface area contributed by atoms with Gasteiger partial charge in [-0.05, 0) is 168 Å². The first-order valence-electron chi connectivity index (χ1n) is 42.7. The summed E-state index contributed by atoms with van der Waals surface area (Å²) in [6.07, 6.45) is 0. The fourth-order valence-corrected chi connectivity index (χ4v) is 21.0. The van der Waals surface area contributed by atoms with E-state index in [1.807, 2.05) is 24.3 Å². The monoisotopic (exact) mass is 1590 g/mol. The lowest BCUT2D eigenvalue weighted by molar-refractivity contribution is 0.669. The number of hydrogen-bond donors (Lipinski definition) is 0. The van der Waals surface area contributed by atoms with E-state index in [0.29, 0.717) is 0 Å². The van der Waals surface area contributed by atoms with Crippen LogP contribution in [0.25, 0.3) is 252 Å². The first-order valence-corrected chi connectivity index (χ1v) is 42.7. The second-order valence-corrected chi connectivity index (χ2v) is 32.9. The third-order valence-electron chi connectivity index (χ3n) is 26.3. The van der Waals surface area contributed by atoms with Crippen LogP contribution in [-0.4, -0.2) is 27.4 Å². The van der Waals surface area contributed by atoms with Crippen LogP contribution in [0.15, 0.2) is 438 Å². The van der Waals surface area contributed by atoms with Crippen molar-refractivity contribution in [2.75, 3.05) is 0 Å². The molecule has 0 radical (unpaired) electrons. The highest BCUT2D eigenvalue weighted by molar-refractivity contribution is 6.24. The van der Waals surface area contributed by atoms with Gasteiger partial charge in [0.05, 0.1) is 88.9 Å². The topological polar surface area (TPSA) is 69.0 Å². The zero-order chi connectivity index (χ0) is 81.6. The minimum absolute atomic E-state index is 0.918. The molecule has 125 heavy (non-hydrogen) atoms. The molecule has 0 saturated carbocycles. The van der Waals surface area contributed by atoms with Crippen LogP contribution in [0.2, 0.25) is 0 Å². The molecule has 29 aromatic rings. The third-order valence-corrected chi connectivity index (χ3v) is 26.3. The summed E-state index contributed by atoms with van der Waals surface area (Å²) in [5, 5.41) is 26.5. The molecule has 9 heteroatoms. The molecule has 9 heterocycles. The van der Waals surface area contributed by atoms with Gasteiger partial charge in [-0.2, -0.15) is 0 Å². The van der Waals surface area contributed by atoms with E-state index >= 15 is 0 Å². The molecule has 0 unspecified atom stereocenters. The Morgan fingerprint density at radius 1 is 0.136 bits per heavy atom. The van der Waals surface area contributed by atoms with E-state index in [0.717, 1.165) is 82.9 Å². The van der Waals surface area contributed by atoms with E-state index < -0.39 is 0 Å². The molecule has 0 saturated heterocycles. The van der Waals surface area contributed by atoms with Crippen molar-refractivity contribution in [2.24, 2.45) is 0 Å². The number of nitrogens with zero attached hydrogens (tertiary/aromatic N) is 6. The van der Waals surface area contributed by atoms with Crippen molar-refractivity contribution in [3.05, 3.63) is 425 Å². The molecule has 0 fully saturated rings. The minimum atomic E-state index is 0.918. The van der Waals surface area contributed by atoms with E-state index in [4.69, 9.17) is 13.3 Å². The summed E-state index contributed by atoms with van der Waals surface area (Å²) in [6, 6.07) is 152. The Labute approximate surface area is 712 Å². The van der Waals surface area contributed by atoms with Crippen molar-refractivity contribution in [3.63, 3.8) is 0 Å². The highest BCUT2D eigenvalue weighted by Gasteiger charge is 2.27. The van der Waals surface area contributed by atoms with E-state index in [1.165, 1.54) is 169 Å². The standard InChI is InChI=1S/2C40H24N2O.C36H22N2O/c1-2-13-26-25(11-1)12-9-19-32(26)41-34-18-7-4-16-29(34)40-35(41)20-10-21-36(40)42-33-17-6-3-14-27(33)30-24-39-31(23-37(30)42)28-15-5-8-22-38(28)43-39;1-2-11-26-22-27(21-20-25(26)10-1)41-34-16-7-4-14-30(34)40-35(41)17-9-18-36(40)42-33-15-6-3-12-28(33)31-24-39-32(23-37(31)42)29-13-5-8-19-38(29)43-39;1-2-11-23(12-3-1)37-30-17-7-4-13-24(30)27-16-10-19-32(36(27)37)38-31-18-8-5-14-25(31)28-22-35-29(21-33(28)38)26-15-6-9-20-34(26)39-35/h2*1-24H;1-22H. The summed E-state index contributed by atoms with van der Waals surface area (Å²) in [6.45, 7) is 0. The summed E-state index contributed by atoms with van der Waals surface area (Å²) in [7, 11) is 0. The molecule has 29 rings (SSSR count). The predicted octanol–water partition coefficient (Wildman–Crippen LogP) is 31.6. The van der Waals surface area contributed by atoms with Gasteiger partial charge in [-0.1, -0.05) is 273 Å². The Morgan fingerprint density at radius 2 is 0.456 bits per heavy atom. The lowest BCUT2D eigenvalue weighted by atomic mass is 10.1. The molecule has 9 nitrogen and oxygen atoms in total. The second-order valence-electron chi connectivity index (χ2n) is 32.9. The highest BCUT2D eigenvalue weighted by Crippen LogP contribution is 2.48. The van der Waals surface area contributed by atoms with Gasteiger partial charge in [0.15, 0.2) is 0 Å². The van der Waals surface area contributed by atoms with Crippen molar-refractivity contribution in [1.82, 2.24) is 27.4 Å². The Morgan fingerprint density at radius 3 is 0.960 bits per heavy atom. The number of fused-ring (bicyclic) bond motifs is 29. The number of aromatic nitrogens is 6. The normalized spacial score (nSPS) is 12.2. The third kappa shape index (κ3) is 10.2. The highest BCUT2D eigenvalue weighted by atomic mass is 16.3. The molecule has 0 aliphatic rings. The summed E-state index contributed by atoms with van der Waals surface area (Å²) >= 11 is 0. The maximum Gasteiger partial charge on any atom is 0.136 e. The summed E-state index contributed by atoms with van der Waals surface area (Å²) < 4.78 is 33.5. The molecular formula is C116H70N6O3. The molecule has 0 bridgehead atoms. The van der Waals surface area contributed by atoms with Crippen LogP contribution < -0.4 is 0 Å². The Hall–Kier alpha value is -16.9. The summed E-state index contributed by atoms with van der Waals surface area (Å²) in [4.78, 5) is 0. The molecule has 0 spiro atoms. The molecule has 0 amide bonds. The predicted molar refractivity (Wildman–Crippen MR) is 522 cm³/mol. The van der Waals surface area contributed by atoms with Gasteiger partial charge in [0.25, 0.3) is 0 Å². The van der Waals surface area contributed by atoms with Crippen molar-refractivity contribution in [3.8, 4) is 34.1 Å². The Balaban J connectivity index is 0.0000000979. The average Bonchev–Trinajstić information content (AvgIpc) is 1.56. The van der Waals surface area contributed by atoms with Crippen LogP contribution in [0.5, 0.6) is 0 Å². The van der Waals surface area contributed by atoms with Crippen LogP contribution in [0, 0.1) is 0 Å². The summed E-state index contributed by atoms with van der Waals surface area (Å²) in [5.74, 6) is 0. The van der Waals surface area contributed by atoms with Gasteiger partial charge in [-0.25, -0.2) is 0 Å². The zero-order valence-electron chi connectivity index (χ0n) is 67.3. The van der Waals surface area contributed by atoms with Gasteiger partial charge in [-0.3, -0.25) is 0 Å². The van der Waals surface area contributed by atoms with Gasteiger partial charge >= 0.3 is 0 Å². The largest absolute Gasteiger partial charge is 0.456 e. The number of hydrogen-bond acceptors (Lipinski definition) is 3. The van der Waals surface area contributed by atoms with E-state index in [9.17, 15) is 0 Å². The lowest BCUT2D eigenvalue weighted by Gasteiger charge is -2.14. The fourth-order valence-electron chi connectivity index (χ4n) is 21.0. The van der Waals surface area contributed by atoms with Gasteiger partial charge in [0.1, 0.15) is 33.5 Å². The van der Waals surface area contributed by atoms with Gasteiger partial charge in [0, 0.05) is 114 Å². The van der Waals surface area contributed by atoms with Crippen molar-refractivity contribution < 1.29 is 13.3 Å². The number of furan rings is 3. The molecular weight excluding hydrogens is 1530 g/mol. The van der Waals surface area contributed by atoms with Crippen LogP contribution >= 0.6 is 0 Å². The number of para-hydroxylation sites is 11. The molecule has 582 valence electrons. The molecule has 0 aliphatic carbocycles. The number of rotatable bonds is 6. The quantitative estimate of drug-likeness (QED) is 0.167. The SMILES string of the molecule is c1ccc(-n2c3ccccc3c3cccc(-n4c5ccccc5c5cc6oc7ccccc7c6cc54)c32)cc1.c1ccc2c(-n3c4ccccc4c4c(-n5c6ccccc6c6cc7oc8ccccc8c7cc65)cccc43)cccc2c1.c1ccc2cc(-n3c4ccccc4c4c(-n5c6ccccc6c6cc7oc8ccccc8c7cc65)cccc43)ccc2c1. The van der Waals surface area contributed by atoms with Crippen LogP contribution in [0.4, 0.5) is 0 Å². The Kier molecular flexibility index (Phi) is 14.8. The number of benzene rings is 20. The smallest absolute Gasteiger partial charge is 0.136 e. The van der Waals surface area contributed by atoms with Gasteiger partial charge < -0.3 is 40.7 Å². The van der Waals surface area contributed by atoms with Gasteiger partial charge in [0.2, 0.25) is 0 Å². The molecule has 20 aromatic carbocycles. The first-order chi connectivity index (χ1) is 62.0. The minimum Gasteiger partial charge on any atom is -0.456 e. The fraction of sp³-hybridized carbons (Fsp3) is 0. The van der Waals surface area contributed by atoms with Crippen LogP contribution in [-0.2, 0) is 0 Å². The molecule has 0 N–H and O–H groups in total. The Bertz CT molecular complexity index is 9590. The second kappa shape index (κ2) is 26.8. The summed E-state index contributed by atoms with van der Waals surface area (Å²) in [5.41, 5.74) is 26.8. The van der Waals surface area contributed by atoms with Gasteiger partial charge in [-0.15, -0.1) is 0 Å². The van der Waals surface area contributed by atoms with E-state index in [-0.39, 0.29) is 0 Å². The van der Waals surface area contributed by atoms with E-state index in [2.05, 4.69) is 428 Å². The van der Waals surface area contributed by atoms with Crippen molar-refractivity contribution in [1.29, 1.82) is 0 Å². The van der Waals surface area contributed by atoms with Crippen LogP contribution in [0.1, 0.15) is 0 Å². The maximum atomic E-state index is 6.33. The van der Waals surface area contributed by atoms with E-state index in [1.54, 1.807) is 0 Å². The molecule has 0 atom stereocenters. The van der Waals surface area contributed by atoms with Crippen molar-refractivity contribution >= 4 is 218 Å². The molecule has 9 aromatic heterocycles.